The van der Waals surface area contributed by atoms with Crippen LogP contribution in [0.5, 0.6) is 0 Å². The van der Waals surface area contributed by atoms with Gasteiger partial charge in [0.1, 0.15) is 5.54 Å². The highest BCUT2D eigenvalue weighted by Crippen LogP contribution is 2.40. The van der Waals surface area contributed by atoms with E-state index in [-0.39, 0.29) is 5.41 Å². The fourth-order valence-electron chi connectivity index (χ4n) is 3.03. The van der Waals surface area contributed by atoms with Crippen molar-refractivity contribution >= 4 is 11.7 Å². The quantitative estimate of drug-likeness (QED) is 0.812. The number of carbonyl (C=O) groups is 1. The highest BCUT2D eigenvalue weighted by molar-refractivity contribution is 5.83. The molecule has 0 aliphatic heterocycles. The topological polar surface area (TPSA) is 49.3 Å². The van der Waals surface area contributed by atoms with Crippen LogP contribution in [-0.2, 0) is 4.79 Å². The van der Waals surface area contributed by atoms with Crippen LogP contribution in [0.1, 0.15) is 51.5 Å². The van der Waals surface area contributed by atoms with Gasteiger partial charge in [0.05, 0.1) is 0 Å². The highest BCUT2D eigenvalue weighted by atomic mass is 16.4. The largest absolute Gasteiger partial charge is 0.480 e. The van der Waals surface area contributed by atoms with E-state index in [2.05, 4.69) is 19.2 Å². The average molecular weight is 275 g/mol. The highest BCUT2D eigenvalue weighted by Gasteiger charge is 2.41. The Hall–Kier alpha value is -1.51. The number of anilines is 1. The second kappa shape index (κ2) is 5.47. The van der Waals surface area contributed by atoms with Crippen LogP contribution in [0.4, 0.5) is 5.69 Å². The van der Waals surface area contributed by atoms with E-state index >= 15 is 0 Å². The molecule has 1 aromatic rings. The van der Waals surface area contributed by atoms with Crippen LogP contribution in [-0.4, -0.2) is 16.6 Å². The summed E-state index contributed by atoms with van der Waals surface area (Å²) in [5, 5.41) is 13.1. The van der Waals surface area contributed by atoms with Crippen molar-refractivity contribution in [3.63, 3.8) is 0 Å². The Morgan fingerprint density at radius 3 is 2.50 bits per heavy atom. The minimum Gasteiger partial charge on any atom is -0.480 e. The van der Waals surface area contributed by atoms with Crippen molar-refractivity contribution < 1.29 is 9.90 Å². The molecule has 0 spiro atoms. The monoisotopic (exact) mass is 275 g/mol. The molecule has 1 unspecified atom stereocenters. The second-order valence-electron chi connectivity index (χ2n) is 6.84. The molecule has 20 heavy (non-hydrogen) atoms. The number of carboxylic acids is 1. The van der Waals surface area contributed by atoms with Crippen LogP contribution in [0.15, 0.2) is 24.3 Å². The molecule has 0 bridgehead atoms. The maximum absolute atomic E-state index is 11.9. The van der Waals surface area contributed by atoms with E-state index in [0.717, 1.165) is 30.5 Å². The second-order valence-corrected chi connectivity index (χ2v) is 6.84. The van der Waals surface area contributed by atoms with Crippen molar-refractivity contribution in [1.29, 1.82) is 0 Å². The first kappa shape index (κ1) is 14.9. The Labute approximate surface area is 121 Å². The SMILES string of the molecule is Cc1ccccc1NC1(C(=O)O)CCCC(C)(C)CC1. The number of carboxylic acid groups (broad SMARTS) is 1. The number of aryl methyl sites for hydroxylation is 1. The van der Waals surface area contributed by atoms with Crippen molar-refractivity contribution in [2.24, 2.45) is 5.41 Å². The first-order valence-corrected chi connectivity index (χ1v) is 7.42. The van der Waals surface area contributed by atoms with Crippen LogP contribution in [0, 0.1) is 12.3 Å². The molecule has 110 valence electrons. The lowest BCUT2D eigenvalue weighted by atomic mass is 9.83. The summed E-state index contributed by atoms with van der Waals surface area (Å²) in [6.07, 6.45) is 4.37. The van der Waals surface area contributed by atoms with Gasteiger partial charge in [0.25, 0.3) is 0 Å². The third kappa shape index (κ3) is 3.14. The van der Waals surface area contributed by atoms with Gasteiger partial charge in [0.15, 0.2) is 0 Å². The van der Waals surface area contributed by atoms with E-state index in [1.807, 2.05) is 31.2 Å². The Balaban J connectivity index is 2.27. The molecular formula is C17H25NO2. The third-order valence-corrected chi connectivity index (χ3v) is 4.61. The third-order valence-electron chi connectivity index (χ3n) is 4.61. The molecule has 1 aliphatic rings. The number of hydrogen-bond acceptors (Lipinski definition) is 2. The molecule has 2 rings (SSSR count). The Kier molecular flexibility index (Phi) is 4.07. The van der Waals surface area contributed by atoms with Crippen LogP contribution in [0.2, 0.25) is 0 Å². The van der Waals surface area contributed by atoms with E-state index in [1.165, 1.54) is 0 Å². The number of hydrogen-bond donors (Lipinski definition) is 2. The summed E-state index contributed by atoms with van der Waals surface area (Å²) < 4.78 is 0. The normalized spacial score (nSPS) is 25.8. The standard InChI is InChI=1S/C17H25NO2/c1-13-7-4-5-8-14(13)18-17(15(19)20)10-6-9-16(2,3)11-12-17/h4-5,7-8,18H,6,9-12H2,1-3H3,(H,19,20). The molecule has 0 saturated heterocycles. The molecule has 3 heteroatoms. The van der Waals surface area contributed by atoms with E-state index in [9.17, 15) is 9.90 Å². The number of nitrogens with one attached hydrogen (secondary N) is 1. The van der Waals surface area contributed by atoms with Crippen LogP contribution < -0.4 is 5.32 Å². The van der Waals surface area contributed by atoms with Gasteiger partial charge in [-0.1, -0.05) is 32.0 Å². The maximum Gasteiger partial charge on any atom is 0.329 e. The van der Waals surface area contributed by atoms with E-state index in [4.69, 9.17) is 0 Å². The molecule has 1 atom stereocenters. The van der Waals surface area contributed by atoms with Gasteiger partial charge in [-0.2, -0.15) is 0 Å². The van der Waals surface area contributed by atoms with Gasteiger partial charge in [-0.05, 0) is 56.1 Å². The van der Waals surface area contributed by atoms with Gasteiger partial charge >= 0.3 is 5.97 Å². The minimum atomic E-state index is -0.820. The fraction of sp³-hybridized carbons (Fsp3) is 0.588. The summed E-state index contributed by atoms with van der Waals surface area (Å²) in [7, 11) is 0. The molecule has 0 heterocycles. The van der Waals surface area contributed by atoms with E-state index < -0.39 is 11.5 Å². The zero-order valence-electron chi connectivity index (χ0n) is 12.7. The van der Waals surface area contributed by atoms with Crippen molar-refractivity contribution in [2.75, 3.05) is 5.32 Å². The predicted octanol–water partition coefficient (Wildman–Crippen LogP) is 4.22. The van der Waals surface area contributed by atoms with Gasteiger partial charge in [0.2, 0.25) is 0 Å². The summed E-state index contributed by atoms with van der Waals surface area (Å²) in [5.74, 6) is -0.724. The molecule has 0 aromatic heterocycles. The first-order valence-electron chi connectivity index (χ1n) is 7.42. The van der Waals surface area contributed by atoms with E-state index in [1.54, 1.807) is 0 Å². The van der Waals surface area contributed by atoms with Gasteiger partial charge in [0, 0.05) is 5.69 Å². The van der Waals surface area contributed by atoms with Crippen molar-refractivity contribution in [2.45, 2.75) is 58.4 Å². The molecule has 1 saturated carbocycles. The summed E-state index contributed by atoms with van der Waals surface area (Å²) in [4.78, 5) is 11.9. The average Bonchev–Trinajstić information content (AvgIpc) is 2.52. The van der Waals surface area contributed by atoms with Gasteiger partial charge < -0.3 is 10.4 Å². The molecule has 2 N–H and O–H groups in total. The molecule has 1 aromatic carbocycles. The minimum absolute atomic E-state index is 0.241. The van der Waals surface area contributed by atoms with Crippen molar-refractivity contribution in [3.05, 3.63) is 29.8 Å². The van der Waals surface area contributed by atoms with Crippen LogP contribution in [0.3, 0.4) is 0 Å². The summed E-state index contributed by atoms with van der Waals surface area (Å²) in [6.45, 7) is 6.48. The Morgan fingerprint density at radius 2 is 1.85 bits per heavy atom. The number of aliphatic carboxylic acids is 1. The molecule has 3 nitrogen and oxygen atoms in total. The Bertz CT molecular complexity index is 496. The van der Waals surface area contributed by atoms with Gasteiger partial charge in [-0.3, -0.25) is 0 Å². The lowest BCUT2D eigenvalue weighted by Crippen LogP contribution is -2.46. The molecular weight excluding hydrogens is 250 g/mol. The summed E-state index contributed by atoms with van der Waals surface area (Å²) >= 11 is 0. The van der Waals surface area contributed by atoms with Gasteiger partial charge in [-0.25, -0.2) is 4.79 Å². The lowest BCUT2D eigenvalue weighted by Gasteiger charge is -2.32. The zero-order valence-corrected chi connectivity index (χ0v) is 12.7. The number of para-hydroxylation sites is 1. The molecule has 0 amide bonds. The van der Waals surface area contributed by atoms with Crippen LogP contribution >= 0.6 is 0 Å². The zero-order chi connectivity index (χ0) is 14.8. The van der Waals surface area contributed by atoms with Crippen LogP contribution in [0.25, 0.3) is 0 Å². The van der Waals surface area contributed by atoms with Gasteiger partial charge in [-0.15, -0.1) is 0 Å². The molecule has 1 fully saturated rings. The smallest absolute Gasteiger partial charge is 0.329 e. The summed E-state index contributed by atoms with van der Waals surface area (Å²) in [5.41, 5.74) is 1.45. The van der Waals surface area contributed by atoms with Crippen molar-refractivity contribution in [3.8, 4) is 0 Å². The summed E-state index contributed by atoms with van der Waals surface area (Å²) in [6, 6.07) is 7.91. The lowest BCUT2D eigenvalue weighted by molar-refractivity contribution is -0.142. The molecule has 0 radical (unpaired) electrons. The predicted molar refractivity (Wildman–Crippen MR) is 82.0 cm³/mol. The maximum atomic E-state index is 11.9. The fourth-order valence-corrected chi connectivity index (χ4v) is 3.03. The Morgan fingerprint density at radius 1 is 1.15 bits per heavy atom. The van der Waals surface area contributed by atoms with E-state index in [0.29, 0.717) is 12.8 Å². The number of rotatable bonds is 3. The first-order chi connectivity index (χ1) is 9.35. The molecule has 1 aliphatic carbocycles. The van der Waals surface area contributed by atoms with Crippen molar-refractivity contribution in [1.82, 2.24) is 0 Å². The number of benzene rings is 1.